The van der Waals surface area contributed by atoms with Gasteiger partial charge >= 0.3 is 0 Å². The van der Waals surface area contributed by atoms with E-state index in [0.29, 0.717) is 37.0 Å². The summed E-state index contributed by atoms with van der Waals surface area (Å²) in [6.07, 6.45) is 3.47. The average molecular weight is 422 g/mol. The van der Waals surface area contributed by atoms with Crippen LogP contribution in [0.4, 0.5) is 5.82 Å². The Morgan fingerprint density at radius 1 is 1.19 bits per heavy atom. The maximum Gasteiger partial charge on any atom is 0.244 e. The molecule has 1 N–H and O–H groups in total. The molecule has 162 valence electrons. The number of hydrogen-bond donors (Lipinski definition) is 1. The van der Waals surface area contributed by atoms with Gasteiger partial charge in [0, 0.05) is 44.0 Å². The minimum Gasteiger partial charge on any atom is -0.444 e. The van der Waals surface area contributed by atoms with Crippen LogP contribution in [0.5, 0.6) is 0 Å². The number of oxazole rings is 1. The molecule has 0 bridgehead atoms. The van der Waals surface area contributed by atoms with Crippen LogP contribution in [0, 0.1) is 0 Å². The number of likely N-dealkylation sites (N-methyl/N-ethyl adjacent to an activating group) is 1. The van der Waals surface area contributed by atoms with Crippen LogP contribution in [-0.2, 0) is 22.6 Å². The lowest BCUT2D eigenvalue weighted by Gasteiger charge is -2.38. The van der Waals surface area contributed by atoms with Crippen molar-refractivity contribution in [1.29, 1.82) is 0 Å². The highest BCUT2D eigenvalue weighted by Gasteiger charge is 2.32. The molecule has 2 aromatic heterocycles. The molecule has 0 saturated carbocycles. The number of nitrogens with zero attached hydrogens (tertiary/aromatic N) is 5. The first-order valence-electron chi connectivity index (χ1n) is 10.4. The van der Waals surface area contributed by atoms with Crippen molar-refractivity contribution in [2.45, 2.75) is 25.9 Å². The minimum absolute atomic E-state index is 0.0749. The Bertz CT molecular complexity index is 1040. The Kier molecular flexibility index (Phi) is 6.13. The number of aryl methyl sites for hydroxylation is 1. The number of carbonyl (C=O) groups is 2. The lowest BCUT2D eigenvalue weighted by atomic mass is 10.1. The molecule has 1 fully saturated rings. The van der Waals surface area contributed by atoms with Crippen molar-refractivity contribution >= 4 is 17.6 Å². The molecule has 9 heteroatoms. The second-order valence-corrected chi connectivity index (χ2v) is 7.57. The van der Waals surface area contributed by atoms with Gasteiger partial charge in [0.1, 0.15) is 12.3 Å². The molecule has 3 heterocycles. The first-order valence-corrected chi connectivity index (χ1v) is 10.4. The van der Waals surface area contributed by atoms with E-state index in [-0.39, 0.29) is 18.2 Å². The maximum atomic E-state index is 12.9. The smallest absolute Gasteiger partial charge is 0.244 e. The molecule has 0 spiro atoms. The molecule has 1 atom stereocenters. The SMILES string of the molecule is CCn1ccc(NC(=O)[C@@H]2CN(C(=O)Cc3coc(-c4ccccc4)n3)CCN2C)n1. The van der Waals surface area contributed by atoms with Crippen molar-refractivity contribution in [1.82, 2.24) is 24.6 Å². The normalized spacial score (nSPS) is 17.0. The molecule has 1 aromatic carbocycles. The summed E-state index contributed by atoms with van der Waals surface area (Å²) in [6.45, 7) is 4.21. The second-order valence-electron chi connectivity index (χ2n) is 7.57. The molecule has 1 aliphatic rings. The number of carbonyl (C=O) groups excluding carboxylic acids is 2. The van der Waals surface area contributed by atoms with Crippen LogP contribution in [0.2, 0.25) is 0 Å². The predicted octanol–water partition coefficient (Wildman–Crippen LogP) is 1.88. The summed E-state index contributed by atoms with van der Waals surface area (Å²) < 4.78 is 7.28. The molecule has 9 nitrogen and oxygen atoms in total. The molecule has 0 aliphatic carbocycles. The van der Waals surface area contributed by atoms with E-state index < -0.39 is 6.04 Å². The molecular formula is C22H26N6O3. The fourth-order valence-corrected chi connectivity index (χ4v) is 3.57. The quantitative estimate of drug-likeness (QED) is 0.652. The highest BCUT2D eigenvalue weighted by Crippen LogP contribution is 2.19. The number of anilines is 1. The molecular weight excluding hydrogens is 396 g/mol. The Morgan fingerprint density at radius 2 is 2.00 bits per heavy atom. The monoisotopic (exact) mass is 422 g/mol. The van der Waals surface area contributed by atoms with Crippen LogP contribution in [-0.4, -0.2) is 69.1 Å². The number of amides is 2. The zero-order valence-electron chi connectivity index (χ0n) is 17.7. The van der Waals surface area contributed by atoms with Gasteiger partial charge in [-0.25, -0.2) is 4.98 Å². The van der Waals surface area contributed by atoms with E-state index >= 15 is 0 Å². The van der Waals surface area contributed by atoms with Crippen molar-refractivity contribution in [3.8, 4) is 11.5 Å². The summed E-state index contributed by atoms with van der Waals surface area (Å²) in [5.74, 6) is 0.758. The van der Waals surface area contributed by atoms with Crippen LogP contribution in [0.3, 0.4) is 0 Å². The van der Waals surface area contributed by atoms with E-state index in [9.17, 15) is 9.59 Å². The van der Waals surface area contributed by atoms with Gasteiger partial charge in [-0.3, -0.25) is 19.2 Å². The third kappa shape index (κ3) is 4.83. The van der Waals surface area contributed by atoms with Crippen molar-refractivity contribution in [3.63, 3.8) is 0 Å². The van der Waals surface area contributed by atoms with Gasteiger partial charge < -0.3 is 14.6 Å². The van der Waals surface area contributed by atoms with Crippen LogP contribution in [0.15, 0.2) is 53.3 Å². The third-order valence-electron chi connectivity index (χ3n) is 5.42. The fraction of sp³-hybridized carbons (Fsp3) is 0.364. The topological polar surface area (TPSA) is 96.5 Å². The van der Waals surface area contributed by atoms with Crippen molar-refractivity contribution in [2.75, 3.05) is 32.0 Å². The summed E-state index contributed by atoms with van der Waals surface area (Å²) >= 11 is 0. The van der Waals surface area contributed by atoms with Crippen LogP contribution in [0.25, 0.3) is 11.5 Å². The van der Waals surface area contributed by atoms with Gasteiger partial charge in [0.2, 0.25) is 17.7 Å². The summed E-state index contributed by atoms with van der Waals surface area (Å²) in [7, 11) is 1.89. The van der Waals surface area contributed by atoms with E-state index in [1.807, 2.05) is 55.4 Å². The lowest BCUT2D eigenvalue weighted by Crippen LogP contribution is -2.57. The average Bonchev–Trinajstić information content (AvgIpc) is 3.44. The fourth-order valence-electron chi connectivity index (χ4n) is 3.57. The summed E-state index contributed by atoms with van der Waals surface area (Å²) in [5, 5.41) is 7.14. The predicted molar refractivity (Wildman–Crippen MR) is 115 cm³/mol. The number of rotatable bonds is 6. The van der Waals surface area contributed by atoms with Gasteiger partial charge in [-0.2, -0.15) is 5.10 Å². The van der Waals surface area contributed by atoms with E-state index in [1.54, 1.807) is 15.6 Å². The Balaban J connectivity index is 1.37. The number of aromatic nitrogens is 3. The molecule has 0 radical (unpaired) electrons. The van der Waals surface area contributed by atoms with Crippen molar-refractivity contribution in [3.05, 3.63) is 54.6 Å². The van der Waals surface area contributed by atoms with E-state index in [1.165, 1.54) is 6.26 Å². The van der Waals surface area contributed by atoms with Gasteiger partial charge in [-0.05, 0) is 26.1 Å². The van der Waals surface area contributed by atoms with E-state index in [0.717, 1.165) is 12.1 Å². The standard InChI is InChI=1S/C22H26N6O3/c1-3-28-10-9-19(25-28)24-21(30)18-14-27(12-11-26(18)2)20(29)13-17-15-31-22(23-17)16-7-5-4-6-8-16/h4-10,15,18H,3,11-14H2,1-2H3,(H,24,25,30)/t18-/m0/s1. The Hall–Kier alpha value is -3.46. The van der Waals surface area contributed by atoms with Crippen LogP contribution < -0.4 is 5.32 Å². The highest BCUT2D eigenvalue weighted by molar-refractivity contribution is 5.94. The largest absolute Gasteiger partial charge is 0.444 e. The first-order chi connectivity index (χ1) is 15.0. The second kappa shape index (κ2) is 9.13. The molecule has 4 rings (SSSR count). The lowest BCUT2D eigenvalue weighted by molar-refractivity contribution is -0.135. The van der Waals surface area contributed by atoms with E-state index in [2.05, 4.69) is 15.4 Å². The van der Waals surface area contributed by atoms with E-state index in [4.69, 9.17) is 4.42 Å². The zero-order chi connectivity index (χ0) is 21.8. The first kappa shape index (κ1) is 20.8. The number of piperazine rings is 1. The zero-order valence-corrected chi connectivity index (χ0v) is 17.7. The number of hydrogen-bond acceptors (Lipinski definition) is 6. The van der Waals surface area contributed by atoms with Crippen LogP contribution >= 0.6 is 0 Å². The van der Waals surface area contributed by atoms with Gasteiger partial charge in [-0.1, -0.05) is 18.2 Å². The summed E-state index contributed by atoms with van der Waals surface area (Å²) in [4.78, 5) is 33.8. The van der Waals surface area contributed by atoms with Gasteiger partial charge in [0.15, 0.2) is 5.82 Å². The van der Waals surface area contributed by atoms with Crippen LogP contribution in [0.1, 0.15) is 12.6 Å². The number of nitrogens with one attached hydrogen (secondary N) is 1. The molecule has 3 aromatic rings. The third-order valence-corrected chi connectivity index (χ3v) is 5.42. The highest BCUT2D eigenvalue weighted by atomic mass is 16.3. The Morgan fingerprint density at radius 3 is 2.74 bits per heavy atom. The maximum absolute atomic E-state index is 12.9. The molecule has 31 heavy (non-hydrogen) atoms. The molecule has 2 amide bonds. The van der Waals surface area contributed by atoms with Gasteiger partial charge in [0.25, 0.3) is 0 Å². The summed E-state index contributed by atoms with van der Waals surface area (Å²) in [5.41, 5.74) is 1.44. The molecule has 1 saturated heterocycles. The number of benzene rings is 1. The minimum atomic E-state index is -0.443. The van der Waals surface area contributed by atoms with Gasteiger partial charge in [0.05, 0.1) is 12.1 Å². The molecule has 0 unspecified atom stereocenters. The van der Waals surface area contributed by atoms with Crippen molar-refractivity contribution in [2.24, 2.45) is 0 Å². The summed E-state index contributed by atoms with van der Waals surface area (Å²) in [6, 6.07) is 10.9. The Labute approximate surface area is 180 Å². The molecule has 1 aliphatic heterocycles. The van der Waals surface area contributed by atoms with Crippen molar-refractivity contribution < 1.29 is 14.0 Å². The van der Waals surface area contributed by atoms with Gasteiger partial charge in [-0.15, -0.1) is 0 Å².